The number of benzene rings is 1. The summed E-state index contributed by atoms with van der Waals surface area (Å²) in [7, 11) is 0. The Bertz CT molecular complexity index is 1210. The van der Waals surface area contributed by atoms with Crippen molar-refractivity contribution in [3.63, 3.8) is 0 Å². The van der Waals surface area contributed by atoms with Crippen molar-refractivity contribution in [2.24, 2.45) is 0 Å². The van der Waals surface area contributed by atoms with Crippen LogP contribution in [0.2, 0.25) is 0 Å². The van der Waals surface area contributed by atoms with Crippen LogP contribution in [0.4, 0.5) is 5.82 Å². The number of amides is 1. The van der Waals surface area contributed by atoms with E-state index in [1.807, 2.05) is 36.1 Å². The summed E-state index contributed by atoms with van der Waals surface area (Å²) in [4.78, 5) is 27.3. The molecule has 3 aromatic heterocycles. The molecule has 154 valence electrons. The van der Waals surface area contributed by atoms with Crippen LogP contribution in [0.25, 0.3) is 33.2 Å². The fraction of sp³-hybridized carbons (Fsp3) is 0.364. The zero-order chi connectivity index (χ0) is 20.7. The van der Waals surface area contributed by atoms with Crippen LogP contribution in [-0.2, 0) is 4.79 Å². The maximum absolute atomic E-state index is 12.4. The molecule has 4 N–H and O–H groups in total. The fourth-order valence-electron chi connectivity index (χ4n) is 4.36. The second-order valence-electron chi connectivity index (χ2n) is 7.97. The lowest BCUT2D eigenvalue weighted by atomic mass is 9.97. The van der Waals surface area contributed by atoms with Crippen molar-refractivity contribution in [3.05, 3.63) is 36.3 Å². The highest BCUT2D eigenvalue weighted by atomic mass is 16.2. The molecule has 1 amide bonds. The quantitative estimate of drug-likeness (QED) is 0.481. The Morgan fingerprint density at radius 3 is 3.00 bits per heavy atom. The molecule has 1 aliphatic rings. The maximum atomic E-state index is 12.4. The third kappa shape index (κ3) is 3.18. The molecular formula is C22H25N7O. The molecule has 0 unspecified atom stereocenters. The van der Waals surface area contributed by atoms with Crippen molar-refractivity contribution < 1.29 is 4.79 Å². The van der Waals surface area contributed by atoms with E-state index >= 15 is 0 Å². The van der Waals surface area contributed by atoms with Crippen LogP contribution in [0.5, 0.6) is 0 Å². The topological polar surface area (TPSA) is 117 Å². The molecular weight excluding hydrogens is 378 g/mol. The molecule has 8 heteroatoms. The van der Waals surface area contributed by atoms with Crippen molar-refractivity contribution in [2.75, 3.05) is 18.8 Å². The number of fused-ring (bicyclic) bond motifs is 3. The van der Waals surface area contributed by atoms with Crippen LogP contribution in [0, 0.1) is 0 Å². The van der Waals surface area contributed by atoms with Gasteiger partial charge in [-0.1, -0.05) is 13.0 Å². The number of nitrogens with zero attached hydrogens (tertiary/aromatic N) is 4. The summed E-state index contributed by atoms with van der Waals surface area (Å²) in [6.07, 6.45) is 5.19. The van der Waals surface area contributed by atoms with Gasteiger partial charge in [0.2, 0.25) is 5.91 Å². The van der Waals surface area contributed by atoms with E-state index in [9.17, 15) is 4.79 Å². The summed E-state index contributed by atoms with van der Waals surface area (Å²) >= 11 is 0. The number of hydrogen-bond acceptors (Lipinski definition) is 5. The van der Waals surface area contributed by atoms with Crippen molar-refractivity contribution in [2.45, 2.75) is 38.5 Å². The van der Waals surface area contributed by atoms with Gasteiger partial charge in [-0.05, 0) is 37.5 Å². The van der Waals surface area contributed by atoms with E-state index < -0.39 is 0 Å². The van der Waals surface area contributed by atoms with Gasteiger partial charge in [0.15, 0.2) is 0 Å². The predicted molar refractivity (Wildman–Crippen MR) is 117 cm³/mol. The van der Waals surface area contributed by atoms with Gasteiger partial charge in [-0.3, -0.25) is 9.89 Å². The number of nitrogens with two attached hydrogens (primary N) is 1. The Balaban J connectivity index is 1.52. The first-order chi connectivity index (χ1) is 14.6. The van der Waals surface area contributed by atoms with Crippen LogP contribution < -0.4 is 5.73 Å². The molecule has 0 aliphatic carbocycles. The molecule has 4 heterocycles. The summed E-state index contributed by atoms with van der Waals surface area (Å²) in [5.74, 6) is 1.74. The average Bonchev–Trinajstić information content (AvgIpc) is 3.44. The number of nitrogens with one attached hydrogen (secondary N) is 2. The molecule has 0 saturated carbocycles. The summed E-state index contributed by atoms with van der Waals surface area (Å²) in [5.41, 5.74) is 10.6. The first-order valence-electron chi connectivity index (χ1n) is 10.5. The number of H-pyrrole nitrogens is 2. The van der Waals surface area contributed by atoms with E-state index in [4.69, 9.17) is 10.7 Å². The second kappa shape index (κ2) is 7.44. The van der Waals surface area contributed by atoms with E-state index in [-0.39, 0.29) is 11.8 Å². The lowest BCUT2D eigenvalue weighted by Crippen LogP contribution is -2.39. The van der Waals surface area contributed by atoms with E-state index in [2.05, 4.69) is 20.2 Å². The number of nitrogen functional groups attached to an aromatic ring is 1. The standard InChI is InChI=1S/C22H25N7O/c1-2-4-18(30)29-10-3-5-14(12-29)22-26-19-15-7-6-13(16-8-9-24-28-16)11-17(15)25-21(23)20(19)27-22/h6-9,11,14H,2-5,10,12H2,1H3,(H2,23,25)(H,24,28)(H,26,27)/t14-/m0/s1. The predicted octanol–water partition coefficient (Wildman–Crippen LogP) is 3.59. The summed E-state index contributed by atoms with van der Waals surface area (Å²) in [6, 6.07) is 7.99. The molecule has 1 atom stereocenters. The number of imidazole rings is 1. The number of aromatic amines is 2. The van der Waals surface area contributed by atoms with Crippen LogP contribution in [-0.4, -0.2) is 49.0 Å². The molecule has 1 aliphatic heterocycles. The number of carbonyl (C=O) groups excluding carboxylic acids is 1. The van der Waals surface area contributed by atoms with Crippen molar-refractivity contribution in [1.29, 1.82) is 0 Å². The smallest absolute Gasteiger partial charge is 0.222 e. The van der Waals surface area contributed by atoms with Crippen LogP contribution in [0.3, 0.4) is 0 Å². The molecule has 8 nitrogen and oxygen atoms in total. The zero-order valence-electron chi connectivity index (χ0n) is 17.0. The first-order valence-corrected chi connectivity index (χ1v) is 10.5. The van der Waals surface area contributed by atoms with Crippen LogP contribution in [0.1, 0.15) is 44.3 Å². The molecule has 4 aromatic rings. The molecule has 1 saturated heterocycles. The number of anilines is 1. The Kier molecular flexibility index (Phi) is 4.61. The number of aromatic nitrogens is 5. The van der Waals surface area contributed by atoms with Crippen LogP contribution >= 0.6 is 0 Å². The molecule has 1 fully saturated rings. The molecule has 0 spiro atoms. The number of likely N-dealkylation sites (tertiary alicyclic amines) is 1. The first kappa shape index (κ1) is 18.6. The highest BCUT2D eigenvalue weighted by Gasteiger charge is 2.27. The SMILES string of the molecule is CCCC(=O)N1CCC[C@H](c2nc3c([nH]2)c(N)nc2cc(-c4ccn[nH]4)ccc23)C1. The number of carbonyl (C=O) groups is 1. The van der Waals surface area contributed by atoms with Crippen molar-refractivity contribution >= 4 is 33.7 Å². The minimum atomic E-state index is 0.186. The van der Waals surface area contributed by atoms with Gasteiger partial charge in [0.05, 0.1) is 11.2 Å². The summed E-state index contributed by atoms with van der Waals surface area (Å²) < 4.78 is 0. The van der Waals surface area contributed by atoms with E-state index in [1.165, 1.54) is 0 Å². The summed E-state index contributed by atoms with van der Waals surface area (Å²) in [5, 5.41) is 7.95. The minimum Gasteiger partial charge on any atom is -0.382 e. The normalized spacial score (nSPS) is 17.1. The molecule has 0 radical (unpaired) electrons. The highest BCUT2D eigenvalue weighted by molar-refractivity contribution is 6.07. The number of piperidine rings is 1. The average molecular weight is 403 g/mol. The van der Waals surface area contributed by atoms with Gasteiger partial charge in [-0.25, -0.2) is 9.97 Å². The fourth-order valence-corrected chi connectivity index (χ4v) is 4.36. The largest absolute Gasteiger partial charge is 0.382 e. The van der Waals surface area contributed by atoms with E-state index in [0.29, 0.717) is 18.8 Å². The van der Waals surface area contributed by atoms with Gasteiger partial charge in [-0.15, -0.1) is 0 Å². The van der Waals surface area contributed by atoms with Crippen molar-refractivity contribution in [1.82, 2.24) is 30.0 Å². The Morgan fingerprint density at radius 2 is 2.20 bits per heavy atom. The van der Waals surface area contributed by atoms with Crippen LogP contribution in [0.15, 0.2) is 30.5 Å². The monoisotopic (exact) mass is 403 g/mol. The second-order valence-corrected chi connectivity index (χ2v) is 7.97. The Hall–Kier alpha value is -3.42. The number of rotatable bonds is 4. The van der Waals surface area contributed by atoms with Gasteiger partial charge < -0.3 is 15.6 Å². The summed E-state index contributed by atoms with van der Waals surface area (Å²) in [6.45, 7) is 3.57. The Labute approximate surface area is 173 Å². The van der Waals surface area contributed by atoms with Gasteiger partial charge in [0, 0.05) is 42.6 Å². The lowest BCUT2D eigenvalue weighted by Gasteiger charge is -2.31. The third-order valence-corrected chi connectivity index (χ3v) is 5.91. The number of hydrogen-bond donors (Lipinski definition) is 3. The lowest BCUT2D eigenvalue weighted by molar-refractivity contribution is -0.132. The van der Waals surface area contributed by atoms with E-state index in [0.717, 1.165) is 64.8 Å². The van der Waals surface area contributed by atoms with Gasteiger partial charge in [0.25, 0.3) is 0 Å². The number of pyridine rings is 1. The zero-order valence-corrected chi connectivity index (χ0v) is 17.0. The van der Waals surface area contributed by atoms with Gasteiger partial charge in [0.1, 0.15) is 22.7 Å². The minimum absolute atomic E-state index is 0.186. The molecule has 0 bridgehead atoms. The van der Waals surface area contributed by atoms with Gasteiger partial charge >= 0.3 is 0 Å². The molecule has 30 heavy (non-hydrogen) atoms. The maximum Gasteiger partial charge on any atom is 0.222 e. The Morgan fingerprint density at radius 1 is 1.30 bits per heavy atom. The van der Waals surface area contributed by atoms with E-state index in [1.54, 1.807) is 6.20 Å². The molecule has 1 aromatic carbocycles. The highest BCUT2D eigenvalue weighted by Crippen LogP contribution is 2.33. The third-order valence-electron chi connectivity index (χ3n) is 5.91. The van der Waals surface area contributed by atoms with Gasteiger partial charge in [-0.2, -0.15) is 5.10 Å². The van der Waals surface area contributed by atoms with Crippen molar-refractivity contribution in [3.8, 4) is 11.3 Å². The molecule has 5 rings (SSSR count).